The number of furan rings is 1. The van der Waals surface area contributed by atoms with Crippen LogP contribution in [0.2, 0.25) is 0 Å². The van der Waals surface area contributed by atoms with Gasteiger partial charge in [0.25, 0.3) is 17.7 Å². The molecule has 0 saturated carbocycles. The predicted molar refractivity (Wildman–Crippen MR) is 137 cm³/mol. The number of hydrogen-bond acceptors (Lipinski definition) is 7. The minimum atomic E-state index is -0.854. The van der Waals surface area contributed by atoms with Gasteiger partial charge in [0.05, 0.1) is 23.9 Å². The van der Waals surface area contributed by atoms with Crippen LogP contribution < -0.4 is 20.1 Å². The van der Waals surface area contributed by atoms with Gasteiger partial charge in [-0.25, -0.2) is 9.18 Å². The van der Waals surface area contributed by atoms with Crippen molar-refractivity contribution in [3.05, 3.63) is 82.0 Å². The molecule has 0 bridgehead atoms. The summed E-state index contributed by atoms with van der Waals surface area (Å²) < 4.78 is 30.0. The molecular weight excluding hydrogens is 565 g/mol. The van der Waals surface area contributed by atoms with Gasteiger partial charge >= 0.3 is 6.03 Å². The maximum absolute atomic E-state index is 13.1. The Balaban J connectivity index is 1.53. The molecule has 0 spiro atoms. The number of anilines is 1. The number of ether oxygens (including phenoxy) is 2. The number of rotatable bonds is 9. The highest BCUT2D eigenvalue weighted by molar-refractivity contribution is 9.10. The van der Waals surface area contributed by atoms with Crippen molar-refractivity contribution in [3.8, 4) is 11.5 Å². The molecule has 196 valence electrons. The molecule has 0 unspecified atom stereocenters. The minimum Gasteiger partial charge on any atom is -0.490 e. The normalized spacial score (nSPS) is 14.4. The molecule has 2 aromatic carbocycles. The first kappa shape index (κ1) is 26.6. The summed E-state index contributed by atoms with van der Waals surface area (Å²) in [6.45, 7) is 1.49. The zero-order valence-corrected chi connectivity index (χ0v) is 21.5. The fourth-order valence-electron chi connectivity index (χ4n) is 3.50. The summed E-state index contributed by atoms with van der Waals surface area (Å²) in [4.78, 5) is 50.9. The number of barbiturate groups is 1. The second-order valence-corrected chi connectivity index (χ2v) is 8.75. The van der Waals surface area contributed by atoms with Gasteiger partial charge in [-0.3, -0.25) is 24.6 Å². The SMILES string of the molecule is CCOc1cc(/C=C2\C(=O)NC(=O)N(Cc3ccco3)C2=O)cc(Br)c1OCC(=O)Nc1ccc(F)cc1. The lowest BCUT2D eigenvalue weighted by atomic mass is 10.1. The molecule has 2 N–H and O–H groups in total. The molecule has 38 heavy (non-hydrogen) atoms. The first-order valence-electron chi connectivity index (χ1n) is 11.3. The molecular formula is C26H21BrFN3O7. The van der Waals surface area contributed by atoms with Gasteiger partial charge in [0.2, 0.25) is 0 Å². The number of carbonyl (C=O) groups is 4. The maximum atomic E-state index is 13.1. The average Bonchev–Trinajstić information content (AvgIpc) is 3.39. The molecule has 1 fully saturated rings. The summed E-state index contributed by atoms with van der Waals surface area (Å²) in [7, 11) is 0. The topological polar surface area (TPSA) is 127 Å². The van der Waals surface area contributed by atoms with E-state index in [1.165, 1.54) is 42.7 Å². The molecule has 1 aromatic heterocycles. The van der Waals surface area contributed by atoms with Gasteiger partial charge in [0.1, 0.15) is 17.2 Å². The average molecular weight is 586 g/mol. The van der Waals surface area contributed by atoms with Crippen LogP contribution in [0.4, 0.5) is 14.9 Å². The quantitative estimate of drug-likeness (QED) is 0.284. The van der Waals surface area contributed by atoms with E-state index in [4.69, 9.17) is 13.9 Å². The highest BCUT2D eigenvalue weighted by atomic mass is 79.9. The smallest absolute Gasteiger partial charge is 0.331 e. The lowest BCUT2D eigenvalue weighted by molar-refractivity contribution is -0.130. The Morgan fingerprint density at radius 1 is 1.16 bits per heavy atom. The van der Waals surface area contributed by atoms with E-state index >= 15 is 0 Å². The van der Waals surface area contributed by atoms with Crippen molar-refractivity contribution < 1.29 is 37.5 Å². The van der Waals surface area contributed by atoms with Gasteiger partial charge in [-0.05, 0) is 83.0 Å². The molecule has 0 radical (unpaired) electrons. The van der Waals surface area contributed by atoms with E-state index in [-0.39, 0.29) is 36.8 Å². The van der Waals surface area contributed by atoms with Gasteiger partial charge < -0.3 is 19.2 Å². The van der Waals surface area contributed by atoms with Crippen LogP contribution in [0.3, 0.4) is 0 Å². The number of hydrogen-bond donors (Lipinski definition) is 2. The molecule has 2 heterocycles. The van der Waals surface area contributed by atoms with E-state index in [1.807, 2.05) is 0 Å². The van der Waals surface area contributed by atoms with E-state index in [9.17, 15) is 23.6 Å². The third-order valence-electron chi connectivity index (χ3n) is 5.20. The standard InChI is InChI=1S/C26H21BrFN3O7/c1-2-36-21-12-15(10-19-24(33)30-26(35)31(25(19)34)13-18-4-3-9-37-18)11-20(27)23(21)38-14-22(32)29-17-7-5-16(28)6-8-17/h3-12H,2,13-14H2,1H3,(H,29,32)(H,30,33,35)/b19-10+. The molecule has 0 atom stereocenters. The van der Waals surface area contributed by atoms with Gasteiger partial charge in [-0.1, -0.05) is 0 Å². The Morgan fingerprint density at radius 3 is 2.61 bits per heavy atom. The summed E-state index contributed by atoms with van der Waals surface area (Å²) in [6, 6.07) is 10.7. The highest BCUT2D eigenvalue weighted by Crippen LogP contribution is 2.38. The van der Waals surface area contributed by atoms with Gasteiger partial charge in [0, 0.05) is 5.69 Å². The molecule has 5 amide bonds. The third-order valence-corrected chi connectivity index (χ3v) is 5.79. The highest BCUT2D eigenvalue weighted by Gasteiger charge is 2.36. The second-order valence-electron chi connectivity index (χ2n) is 7.89. The van der Waals surface area contributed by atoms with Crippen LogP contribution in [0.5, 0.6) is 11.5 Å². The lowest BCUT2D eigenvalue weighted by Crippen LogP contribution is -2.53. The first-order valence-corrected chi connectivity index (χ1v) is 12.1. The number of carbonyl (C=O) groups excluding carboxylic acids is 4. The Labute approximate surface area is 224 Å². The van der Waals surface area contributed by atoms with Crippen molar-refractivity contribution >= 4 is 51.4 Å². The fraction of sp³-hybridized carbons (Fsp3) is 0.154. The Hall–Kier alpha value is -4.45. The van der Waals surface area contributed by atoms with Crippen LogP contribution >= 0.6 is 15.9 Å². The van der Waals surface area contributed by atoms with Crippen molar-refractivity contribution in [1.82, 2.24) is 10.2 Å². The number of urea groups is 1. The van der Waals surface area contributed by atoms with Crippen LogP contribution in [0, 0.1) is 5.82 Å². The van der Waals surface area contributed by atoms with Crippen LogP contribution in [-0.4, -0.2) is 41.9 Å². The van der Waals surface area contributed by atoms with Crippen LogP contribution in [0.1, 0.15) is 18.2 Å². The summed E-state index contributed by atoms with van der Waals surface area (Å²) in [5.74, 6) is -1.71. The molecule has 1 saturated heterocycles. The Morgan fingerprint density at radius 2 is 1.92 bits per heavy atom. The van der Waals surface area contributed by atoms with E-state index in [1.54, 1.807) is 25.1 Å². The number of nitrogens with one attached hydrogen (secondary N) is 2. The van der Waals surface area contributed by atoms with Gasteiger partial charge in [0.15, 0.2) is 18.1 Å². The van der Waals surface area contributed by atoms with Crippen LogP contribution in [0.25, 0.3) is 6.08 Å². The number of halogens is 2. The third kappa shape index (κ3) is 6.27. The first-order chi connectivity index (χ1) is 18.2. The number of benzene rings is 2. The van der Waals surface area contributed by atoms with E-state index in [0.717, 1.165) is 4.90 Å². The maximum Gasteiger partial charge on any atom is 0.331 e. The van der Waals surface area contributed by atoms with Crippen molar-refractivity contribution in [1.29, 1.82) is 0 Å². The number of amides is 5. The van der Waals surface area contributed by atoms with Crippen LogP contribution in [0.15, 0.2) is 69.3 Å². The van der Waals surface area contributed by atoms with E-state index < -0.39 is 29.6 Å². The van der Waals surface area contributed by atoms with Crippen molar-refractivity contribution in [3.63, 3.8) is 0 Å². The van der Waals surface area contributed by atoms with Gasteiger partial charge in [-0.2, -0.15) is 0 Å². The molecule has 0 aliphatic carbocycles. The van der Waals surface area contributed by atoms with Crippen molar-refractivity contribution in [2.24, 2.45) is 0 Å². The number of imide groups is 2. The van der Waals surface area contributed by atoms with Gasteiger partial charge in [-0.15, -0.1) is 0 Å². The summed E-state index contributed by atoms with van der Waals surface area (Å²) in [5, 5.41) is 4.74. The molecule has 3 aromatic rings. The Bertz CT molecular complexity index is 1400. The minimum absolute atomic E-state index is 0.150. The molecule has 1 aliphatic heterocycles. The zero-order valence-electron chi connectivity index (χ0n) is 20.0. The summed E-state index contributed by atoms with van der Waals surface area (Å²) in [5.41, 5.74) is 0.535. The van der Waals surface area contributed by atoms with E-state index in [0.29, 0.717) is 21.5 Å². The fourth-order valence-corrected chi connectivity index (χ4v) is 4.08. The van der Waals surface area contributed by atoms with Crippen LogP contribution in [-0.2, 0) is 20.9 Å². The molecule has 12 heteroatoms. The monoisotopic (exact) mass is 585 g/mol. The summed E-state index contributed by atoms with van der Waals surface area (Å²) >= 11 is 3.38. The van der Waals surface area contributed by atoms with Crippen molar-refractivity contribution in [2.75, 3.05) is 18.5 Å². The number of nitrogens with zero attached hydrogens (tertiary/aromatic N) is 1. The molecule has 1 aliphatic rings. The molecule has 10 nitrogen and oxygen atoms in total. The largest absolute Gasteiger partial charge is 0.490 e. The summed E-state index contributed by atoms with van der Waals surface area (Å²) in [6.07, 6.45) is 2.73. The second kappa shape index (κ2) is 11.7. The Kier molecular flexibility index (Phi) is 8.22. The van der Waals surface area contributed by atoms with E-state index in [2.05, 4.69) is 26.6 Å². The zero-order chi connectivity index (χ0) is 27.2. The lowest BCUT2D eigenvalue weighted by Gasteiger charge is -2.25. The predicted octanol–water partition coefficient (Wildman–Crippen LogP) is 4.26. The molecule has 4 rings (SSSR count). The van der Waals surface area contributed by atoms with Crippen molar-refractivity contribution in [2.45, 2.75) is 13.5 Å².